The number of carbonyl (C=O) groups is 3. The van der Waals surface area contributed by atoms with Gasteiger partial charge in [-0.05, 0) is 79.3 Å². The van der Waals surface area contributed by atoms with E-state index in [1.165, 1.54) is 88.1 Å². The lowest BCUT2D eigenvalue weighted by Crippen LogP contribution is -2.26. The van der Waals surface area contributed by atoms with Crippen LogP contribution < -0.4 is 4.74 Å². The summed E-state index contributed by atoms with van der Waals surface area (Å²) < 4.78 is 15.9. The normalized spacial score (nSPS) is 11.5. The number of rotatable bonds is 19. The molecule has 0 aliphatic carbocycles. The van der Waals surface area contributed by atoms with Gasteiger partial charge in [-0.2, -0.15) is 0 Å². The Hall–Kier alpha value is -3.93. The third-order valence-corrected chi connectivity index (χ3v) is 7.64. The maximum absolute atomic E-state index is 12.7. The van der Waals surface area contributed by atoms with Crippen molar-refractivity contribution < 1.29 is 28.6 Å². The van der Waals surface area contributed by atoms with E-state index in [2.05, 4.69) is 38.1 Å². The molecule has 236 valence electrons. The average molecular weight is 601 g/mol. The molecule has 0 fully saturated rings. The topological polar surface area (TPSA) is 78.9 Å². The first-order valence-corrected chi connectivity index (χ1v) is 16.3. The number of unbranched alkanes of at least 4 members (excludes halogenated alkanes) is 9. The molecule has 3 aromatic rings. The number of esters is 3. The van der Waals surface area contributed by atoms with Crippen molar-refractivity contribution in [1.82, 2.24) is 0 Å². The number of hydrogen-bond donors (Lipinski definition) is 0. The largest absolute Gasteiger partial charge is 0.463 e. The smallest absolute Gasteiger partial charge is 0.347 e. The lowest BCUT2D eigenvalue weighted by Gasteiger charge is -2.13. The summed E-state index contributed by atoms with van der Waals surface area (Å²) in [6, 6.07) is 22.0. The van der Waals surface area contributed by atoms with Crippen LogP contribution in [0.4, 0.5) is 0 Å². The number of ether oxygens (including phenoxy) is 3. The third-order valence-electron chi connectivity index (χ3n) is 7.64. The molecule has 0 heterocycles. The fourth-order valence-corrected chi connectivity index (χ4v) is 4.87. The van der Waals surface area contributed by atoms with E-state index in [1.807, 2.05) is 12.1 Å². The summed E-state index contributed by atoms with van der Waals surface area (Å²) in [6.07, 6.45) is 13.5. The Bertz CT molecular complexity index is 1280. The maximum atomic E-state index is 12.7. The number of benzene rings is 3. The second-order valence-corrected chi connectivity index (χ2v) is 11.3. The molecule has 0 radical (unpaired) electrons. The van der Waals surface area contributed by atoms with Crippen LogP contribution in [0, 0.1) is 0 Å². The summed E-state index contributed by atoms with van der Waals surface area (Å²) in [5, 5.41) is 0. The van der Waals surface area contributed by atoms with Crippen LogP contribution in [0.15, 0.2) is 72.8 Å². The molecular formula is C38H48O6. The lowest BCUT2D eigenvalue weighted by atomic mass is 10.00. The van der Waals surface area contributed by atoms with Gasteiger partial charge in [0, 0.05) is 0 Å². The van der Waals surface area contributed by atoms with Gasteiger partial charge in [0.25, 0.3) is 0 Å². The molecular weight excluding hydrogens is 552 g/mol. The fraction of sp³-hybridized carbons (Fsp3) is 0.447. The molecule has 1 atom stereocenters. The third kappa shape index (κ3) is 12.0. The summed E-state index contributed by atoms with van der Waals surface area (Å²) in [5.41, 5.74) is 4.15. The Morgan fingerprint density at radius 3 is 1.70 bits per heavy atom. The highest BCUT2D eigenvalue weighted by molar-refractivity contribution is 5.93. The van der Waals surface area contributed by atoms with Gasteiger partial charge in [0.05, 0.1) is 17.7 Å². The molecule has 0 bridgehead atoms. The second-order valence-electron chi connectivity index (χ2n) is 11.3. The minimum absolute atomic E-state index is 0.239. The van der Waals surface area contributed by atoms with Crippen molar-refractivity contribution in [3.8, 4) is 16.9 Å². The SMILES string of the molecule is CCCCCCCCCCc1ccc(-c2ccc(C(=O)Oc3ccc(C(=O)O[C@@H](C)C(=O)OCCCCC)cc3)cc2)cc1. The Morgan fingerprint density at radius 1 is 0.591 bits per heavy atom. The predicted octanol–water partition coefficient (Wildman–Crippen LogP) is 9.53. The summed E-state index contributed by atoms with van der Waals surface area (Å²) in [7, 11) is 0. The highest BCUT2D eigenvalue weighted by atomic mass is 16.6. The Labute approximate surface area is 263 Å². The summed E-state index contributed by atoms with van der Waals surface area (Å²) >= 11 is 0. The molecule has 3 rings (SSSR count). The van der Waals surface area contributed by atoms with E-state index in [0.717, 1.165) is 36.8 Å². The number of aryl methyl sites for hydroxylation is 1. The van der Waals surface area contributed by atoms with Crippen LogP contribution in [0.1, 0.15) is 118 Å². The van der Waals surface area contributed by atoms with Crippen molar-refractivity contribution in [1.29, 1.82) is 0 Å². The first-order chi connectivity index (χ1) is 21.4. The molecule has 3 aromatic carbocycles. The lowest BCUT2D eigenvalue weighted by molar-refractivity contribution is -0.153. The first kappa shape index (κ1) is 34.6. The van der Waals surface area contributed by atoms with Crippen LogP contribution >= 0.6 is 0 Å². The molecule has 0 unspecified atom stereocenters. The Morgan fingerprint density at radius 2 is 1.09 bits per heavy atom. The quantitative estimate of drug-likeness (QED) is 0.0774. The van der Waals surface area contributed by atoms with Gasteiger partial charge >= 0.3 is 17.9 Å². The van der Waals surface area contributed by atoms with Crippen LogP contribution in [0.5, 0.6) is 5.75 Å². The van der Waals surface area contributed by atoms with Crippen molar-refractivity contribution in [2.75, 3.05) is 6.61 Å². The zero-order valence-electron chi connectivity index (χ0n) is 26.6. The zero-order chi connectivity index (χ0) is 31.6. The molecule has 6 heteroatoms. The second kappa shape index (κ2) is 19.4. The van der Waals surface area contributed by atoms with E-state index < -0.39 is 24.0 Å². The maximum Gasteiger partial charge on any atom is 0.347 e. The molecule has 0 aliphatic heterocycles. The van der Waals surface area contributed by atoms with Crippen LogP contribution in [-0.2, 0) is 20.7 Å². The van der Waals surface area contributed by atoms with Crippen molar-refractivity contribution in [3.63, 3.8) is 0 Å². The summed E-state index contributed by atoms with van der Waals surface area (Å²) in [6.45, 7) is 6.11. The molecule has 0 saturated carbocycles. The van der Waals surface area contributed by atoms with E-state index in [9.17, 15) is 14.4 Å². The van der Waals surface area contributed by atoms with Gasteiger partial charge in [0.15, 0.2) is 6.10 Å². The van der Waals surface area contributed by atoms with E-state index in [4.69, 9.17) is 14.2 Å². The van der Waals surface area contributed by atoms with Gasteiger partial charge in [-0.1, -0.05) is 108 Å². The summed E-state index contributed by atoms with van der Waals surface area (Å²) in [4.78, 5) is 37.2. The standard InChI is InChI=1S/C38H48O6/c1-4-6-8-9-10-11-12-13-15-30-16-18-31(19-17-30)32-20-22-33(23-21-32)38(41)44-35-26-24-34(25-27-35)37(40)43-29(3)36(39)42-28-14-7-5-2/h16-27,29H,4-15,28H2,1-3H3/t29-/m0/s1. The molecule has 0 N–H and O–H groups in total. The molecule has 0 amide bonds. The van der Waals surface area contributed by atoms with Crippen LogP contribution in [0.3, 0.4) is 0 Å². The van der Waals surface area contributed by atoms with Crippen LogP contribution in [0.2, 0.25) is 0 Å². The van der Waals surface area contributed by atoms with Crippen LogP contribution in [-0.4, -0.2) is 30.6 Å². The van der Waals surface area contributed by atoms with Crippen LogP contribution in [0.25, 0.3) is 11.1 Å². The van der Waals surface area contributed by atoms with Gasteiger partial charge in [-0.3, -0.25) is 0 Å². The van der Waals surface area contributed by atoms with Crippen molar-refractivity contribution in [2.45, 2.75) is 104 Å². The molecule has 0 spiro atoms. The van der Waals surface area contributed by atoms with Gasteiger partial charge in [-0.15, -0.1) is 0 Å². The first-order valence-electron chi connectivity index (χ1n) is 16.3. The minimum atomic E-state index is -1.01. The Balaban J connectivity index is 1.43. The minimum Gasteiger partial charge on any atom is -0.463 e. The van der Waals surface area contributed by atoms with E-state index in [-0.39, 0.29) is 5.56 Å². The number of hydrogen-bond acceptors (Lipinski definition) is 6. The number of carbonyl (C=O) groups excluding carboxylic acids is 3. The predicted molar refractivity (Wildman–Crippen MR) is 175 cm³/mol. The Kier molecular flexibility index (Phi) is 15.2. The zero-order valence-corrected chi connectivity index (χ0v) is 26.6. The van der Waals surface area contributed by atoms with Crippen molar-refractivity contribution in [2.24, 2.45) is 0 Å². The average Bonchev–Trinajstić information content (AvgIpc) is 3.05. The van der Waals surface area contributed by atoms with Gasteiger partial charge in [0.1, 0.15) is 5.75 Å². The monoisotopic (exact) mass is 600 g/mol. The van der Waals surface area contributed by atoms with E-state index in [0.29, 0.717) is 17.9 Å². The highest BCUT2D eigenvalue weighted by Gasteiger charge is 2.20. The molecule has 0 aliphatic rings. The highest BCUT2D eigenvalue weighted by Crippen LogP contribution is 2.22. The van der Waals surface area contributed by atoms with Crippen molar-refractivity contribution in [3.05, 3.63) is 89.5 Å². The van der Waals surface area contributed by atoms with Gasteiger partial charge in [-0.25, -0.2) is 14.4 Å². The molecule has 0 saturated heterocycles. The fourth-order valence-electron chi connectivity index (χ4n) is 4.87. The molecule has 44 heavy (non-hydrogen) atoms. The van der Waals surface area contributed by atoms with E-state index >= 15 is 0 Å². The van der Waals surface area contributed by atoms with Gasteiger partial charge < -0.3 is 14.2 Å². The molecule has 6 nitrogen and oxygen atoms in total. The van der Waals surface area contributed by atoms with E-state index in [1.54, 1.807) is 12.1 Å². The van der Waals surface area contributed by atoms with Gasteiger partial charge in [0.2, 0.25) is 0 Å². The molecule has 0 aromatic heterocycles. The summed E-state index contributed by atoms with van der Waals surface area (Å²) in [5.74, 6) is -1.42. The van der Waals surface area contributed by atoms with Crippen molar-refractivity contribution >= 4 is 17.9 Å².